The Labute approximate surface area is 168 Å². The molecule has 0 radical (unpaired) electrons. The summed E-state index contributed by atoms with van der Waals surface area (Å²) in [6, 6.07) is 6.94. The Morgan fingerprint density at radius 2 is 1.26 bits per heavy atom. The largest absolute Gasteiger partial charge is 0.376 e. The van der Waals surface area contributed by atoms with Crippen molar-refractivity contribution in [2.75, 3.05) is 6.61 Å². The zero-order valence-electron chi connectivity index (χ0n) is 18.2. The van der Waals surface area contributed by atoms with Gasteiger partial charge >= 0.3 is 0 Å². The first-order chi connectivity index (χ1) is 13.1. The van der Waals surface area contributed by atoms with Gasteiger partial charge in [-0.2, -0.15) is 0 Å². The topological polar surface area (TPSA) is 9.23 Å². The number of hydrogen-bond acceptors (Lipinski definition) is 1. The molecule has 1 atom stereocenters. The molecule has 0 saturated carbocycles. The molecule has 0 spiro atoms. The van der Waals surface area contributed by atoms with Crippen LogP contribution in [-0.2, 0) is 11.2 Å². The summed E-state index contributed by atoms with van der Waals surface area (Å²) < 4.78 is 19.0. The van der Waals surface area contributed by atoms with Crippen LogP contribution in [0.5, 0.6) is 0 Å². The fourth-order valence-corrected chi connectivity index (χ4v) is 3.91. The molecule has 1 rings (SSSR count). The fraction of sp³-hybridized carbons (Fsp3) is 0.760. The van der Waals surface area contributed by atoms with Gasteiger partial charge in [-0.05, 0) is 57.2 Å². The molecule has 0 bridgehead atoms. The van der Waals surface area contributed by atoms with Crippen molar-refractivity contribution in [1.29, 1.82) is 0 Å². The Morgan fingerprint density at radius 1 is 0.741 bits per heavy atom. The van der Waals surface area contributed by atoms with Crippen molar-refractivity contribution in [2.45, 2.75) is 116 Å². The van der Waals surface area contributed by atoms with Crippen LogP contribution < -0.4 is 0 Å². The number of benzene rings is 1. The van der Waals surface area contributed by atoms with Crippen LogP contribution in [0.1, 0.15) is 110 Å². The molecule has 0 amide bonds. The minimum Gasteiger partial charge on any atom is -0.376 e. The summed E-state index contributed by atoms with van der Waals surface area (Å²) in [5, 5.41) is 0. The third kappa shape index (κ3) is 12.2. The first kappa shape index (κ1) is 24.1. The Kier molecular flexibility index (Phi) is 13.5. The number of rotatable bonds is 17. The zero-order valence-corrected chi connectivity index (χ0v) is 18.2. The van der Waals surface area contributed by atoms with E-state index in [4.69, 9.17) is 4.74 Å². The lowest BCUT2D eigenvalue weighted by Crippen LogP contribution is -2.28. The molecule has 1 unspecified atom stereocenters. The van der Waals surface area contributed by atoms with Crippen molar-refractivity contribution < 1.29 is 9.13 Å². The molecule has 0 fully saturated rings. The van der Waals surface area contributed by atoms with Gasteiger partial charge in [-0.25, -0.2) is 4.39 Å². The third-order valence-electron chi connectivity index (χ3n) is 5.64. The first-order valence-corrected chi connectivity index (χ1v) is 11.5. The van der Waals surface area contributed by atoms with Crippen LogP contribution in [0.15, 0.2) is 24.3 Å². The van der Waals surface area contributed by atoms with E-state index >= 15 is 0 Å². The van der Waals surface area contributed by atoms with E-state index in [-0.39, 0.29) is 11.4 Å². The highest BCUT2D eigenvalue weighted by molar-refractivity contribution is 5.15. The molecule has 0 aliphatic heterocycles. The van der Waals surface area contributed by atoms with Crippen molar-refractivity contribution in [3.05, 3.63) is 35.6 Å². The second-order valence-electron chi connectivity index (χ2n) is 8.29. The lowest BCUT2D eigenvalue weighted by Gasteiger charge is -2.30. The van der Waals surface area contributed by atoms with Gasteiger partial charge < -0.3 is 4.74 Å². The highest BCUT2D eigenvalue weighted by Gasteiger charge is 2.23. The van der Waals surface area contributed by atoms with E-state index in [0.717, 1.165) is 13.0 Å². The molecule has 0 saturated heterocycles. The highest BCUT2D eigenvalue weighted by atomic mass is 19.1. The molecule has 27 heavy (non-hydrogen) atoms. The van der Waals surface area contributed by atoms with Gasteiger partial charge in [-0.15, -0.1) is 0 Å². The molecule has 0 aliphatic rings. The summed E-state index contributed by atoms with van der Waals surface area (Å²) in [6.07, 6.45) is 17.9. The zero-order chi connectivity index (χ0) is 19.8. The van der Waals surface area contributed by atoms with E-state index in [1.165, 1.54) is 89.0 Å². The second-order valence-corrected chi connectivity index (χ2v) is 8.29. The summed E-state index contributed by atoms with van der Waals surface area (Å²) in [5.74, 6) is -0.144. The Bertz CT molecular complexity index is 456. The number of unbranched alkanes of at least 4 members (excludes halogenated alkanes) is 9. The van der Waals surface area contributed by atoms with Crippen LogP contribution in [0, 0.1) is 5.82 Å². The summed E-state index contributed by atoms with van der Waals surface area (Å²) >= 11 is 0. The van der Waals surface area contributed by atoms with Crippen LogP contribution in [-0.4, -0.2) is 12.2 Å². The smallest absolute Gasteiger partial charge is 0.123 e. The number of halogens is 1. The molecule has 0 aliphatic carbocycles. The molecular formula is C25H43FO. The Hall–Kier alpha value is -0.890. The van der Waals surface area contributed by atoms with Crippen molar-refractivity contribution in [3.63, 3.8) is 0 Å². The van der Waals surface area contributed by atoms with Crippen molar-refractivity contribution in [1.82, 2.24) is 0 Å². The quantitative estimate of drug-likeness (QED) is 0.248. The molecule has 0 N–H and O–H groups in total. The van der Waals surface area contributed by atoms with Gasteiger partial charge in [-0.3, -0.25) is 0 Å². The molecular weight excluding hydrogens is 335 g/mol. The van der Waals surface area contributed by atoms with E-state index in [1.54, 1.807) is 12.1 Å². The minimum atomic E-state index is -0.144. The standard InChI is InChI=1S/C25H43FO/c1-4-6-7-8-9-11-14-21-25(3,27-5-2)22-15-12-10-13-16-23-17-19-24(26)20-18-23/h17-20H,4-16,21-22H2,1-3H3. The van der Waals surface area contributed by atoms with Gasteiger partial charge in [0, 0.05) is 6.61 Å². The predicted octanol–water partition coefficient (Wildman–Crippen LogP) is 8.25. The van der Waals surface area contributed by atoms with E-state index < -0.39 is 0 Å². The first-order valence-electron chi connectivity index (χ1n) is 11.5. The lowest BCUT2D eigenvalue weighted by molar-refractivity contribution is -0.0403. The maximum Gasteiger partial charge on any atom is 0.123 e. The molecule has 0 aromatic heterocycles. The lowest BCUT2D eigenvalue weighted by atomic mass is 9.91. The van der Waals surface area contributed by atoms with Gasteiger partial charge in [0.2, 0.25) is 0 Å². The summed E-state index contributed by atoms with van der Waals surface area (Å²) in [6.45, 7) is 7.52. The average Bonchev–Trinajstić information content (AvgIpc) is 2.65. The SMILES string of the molecule is CCCCCCCCCC(C)(CCCCCCc1ccc(F)cc1)OCC. The molecule has 156 valence electrons. The molecule has 1 aromatic carbocycles. The maximum absolute atomic E-state index is 12.9. The van der Waals surface area contributed by atoms with Crippen LogP contribution in [0.3, 0.4) is 0 Å². The highest BCUT2D eigenvalue weighted by Crippen LogP contribution is 2.27. The normalized spacial score (nSPS) is 13.6. The Morgan fingerprint density at radius 3 is 1.81 bits per heavy atom. The monoisotopic (exact) mass is 378 g/mol. The molecule has 1 nitrogen and oxygen atoms in total. The summed E-state index contributed by atoms with van der Waals surface area (Å²) in [5.41, 5.74) is 1.31. The second kappa shape index (κ2) is 15.1. The van der Waals surface area contributed by atoms with Crippen LogP contribution >= 0.6 is 0 Å². The van der Waals surface area contributed by atoms with E-state index in [9.17, 15) is 4.39 Å². The number of aryl methyl sites for hydroxylation is 1. The van der Waals surface area contributed by atoms with E-state index in [2.05, 4.69) is 20.8 Å². The van der Waals surface area contributed by atoms with Gasteiger partial charge in [-0.1, -0.05) is 83.3 Å². The third-order valence-corrected chi connectivity index (χ3v) is 5.64. The fourth-order valence-electron chi connectivity index (χ4n) is 3.91. The van der Waals surface area contributed by atoms with E-state index in [1.807, 2.05) is 12.1 Å². The molecule has 1 aromatic rings. The summed E-state index contributed by atoms with van der Waals surface area (Å²) in [4.78, 5) is 0. The van der Waals surface area contributed by atoms with Crippen molar-refractivity contribution in [3.8, 4) is 0 Å². The minimum absolute atomic E-state index is 0.0646. The van der Waals surface area contributed by atoms with Crippen molar-refractivity contribution in [2.24, 2.45) is 0 Å². The Balaban J connectivity index is 2.12. The van der Waals surface area contributed by atoms with Gasteiger partial charge in [0.05, 0.1) is 5.60 Å². The average molecular weight is 379 g/mol. The predicted molar refractivity (Wildman–Crippen MR) is 116 cm³/mol. The number of hydrogen-bond donors (Lipinski definition) is 0. The number of ether oxygens (including phenoxy) is 1. The summed E-state index contributed by atoms with van der Waals surface area (Å²) in [7, 11) is 0. The van der Waals surface area contributed by atoms with Gasteiger partial charge in [0.15, 0.2) is 0 Å². The maximum atomic E-state index is 12.9. The van der Waals surface area contributed by atoms with Gasteiger partial charge in [0.25, 0.3) is 0 Å². The van der Waals surface area contributed by atoms with Crippen LogP contribution in [0.4, 0.5) is 4.39 Å². The molecule has 2 heteroatoms. The van der Waals surface area contributed by atoms with E-state index in [0.29, 0.717) is 0 Å². The van der Waals surface area contributed by atoms with Gasteiger partial charge in [0.1, 0.15) is 5.82 Å². The van der Waals surface area contributed by atoms with Crippen LogP contribution in [0.2, 0.25) is 0 Å². The van der Waals surface area contributed by atoms with Crippen LogP contribution in [0.25, 0.3) is 0 Å². The molecule has 0 heterocycles. The van der Waals surface area contributed by atoms with Crippen molar-refractivity contribution >= 4 is 0 Å².